The summed E-state index contributed by atoms with van der Waals surface area (Å²) in [6.07, 6.45) is 0. The predicted octanol–water partition coefficient (Wildman–Crippen LogP) is 1.33. The number of aliphatic hydroxyl groups is 1. The normalized spacial score (nSPS) is 14.6. The molecule has 4 nitrogen and oxygen atoms in total. The van der Waals surface area contributed by atoms with Crippen molar-refractivity contribution in [3.05, 3.63) is 28.3 Å². The molecule has 5 heteroatoms. The fraction of sp³-hybridized carbons (Fsp3) is 0.455. The number of hydrazine groups is 1. The van der Waals surface area contributed by atoms with E-state index in [0.29, 0.717) is 10.8 Å². The van der Waals surface area contributed by atoms with E-state index in [9.17, 15) is 5.11 Å². The summed E-state index contributed by atoms with van der Waals surface area (Å²) in [6, 6.07) is 3.50. The summed E-state index contributed by atoms with van der Waals surface area (Å²) < 4.78 is 5.10. The average molecular weight is 245 g/mol. The zero-order chi connectivity index (χ0) is 12.3. The van der Waals surface area contributed by atoms with Crippen molar-refractivity contribution >= 4 is 11.6 Å². The molecular weight excluding hydrogens is 228 g/mol. The SMILES string of the molecule is COc1cc(C)c(C(C)(O)CNN)cc1Cl. The van der Waals surface area contributed by atoms with E-state index in [-0.39, 0.29) is 6.54 Å². The summed E-state index contributed by atoms with van der Waals surface area (Å²) >= 11 is 6.02. The molecule has 0 aliphatic heterocycles. The third-order valence-corrected chi connectivity index (χ3v) is 2.82. The molecule has 1 aromatic carbocycles. The second-order valence-electron chi connectivity index (χ2n) is 3.96. The van der Waals surface area contributed by atoms with Gasteiger partial charge in [-0.1, -0.05) is 11.6 Å². The molecule has 1 atom stereocenters. The van der Waals surface area contributed by atoms with E-state index in [0.717, 1.165) is 11.1 Å². The van der Waals surface area contributed by atoms with Gasteiger partial charge < -0.3 is 9.84 Å². The van der Waals surface area contributed by atoms with Crippen molar-refractivity contribution in [1.29, 1.82) is 0 Å². The quantitative estimate of drug-likeness (QED) is 0.552. The molecule has 4 N–H and O–H groups in total. The minimum Gasteiger partial charge on any atom is -0.495 e. The maximum absolute atomic E-state index is 10.2. The number of aryl methyl sites for hydroxylation is 1. The molecule has 0 radical (unpaired) electrons. The number of methoxy groups -OCH3 is 1. The van der Waals surface area contributed by atoms with Gasteiger partial charge in [-0.05, 0) is 37.1 Å². The minimum atomic E-state index is -1.06. The number of halogens is 1. The molecule has 16 heavy (non-hydrogen) atoms. The molecule has 1 unspecified atom stereocenters. The minimum absolute atomic E-state index is 0.247. The summed E-state index contributed by atoms with van der Waals surface area (Å²) in [5.41, 5.74) is 3.03. The van der Waals surface area contributed by atoms with Crippen LogP contribution in [-0.4, -0.2) is 18.8 Å². The summed E-state index contributed by atoms with van der Waals surface area (Å²) in [6.45, 7) is 3.81. The third kappa shape index (κ3) is 2.65. The van der Waals surface area contributed by atoms with Crippen molar-refractivity contribution in [2.24, 2.45) is 5.84 Å². The maximum atomic E-state index is 10.2. The highest BCUT2D eigenvalue weighted by molar-refractivity contribution is 6.32. The fourth-order valence-corrected chi connectivity index (χ4v) is 1.93. The molecule has 0 aliphatic rings. The zero-order valence-corrected chi connectivity index (χ0v) is 10.4. The first-order valence-electron chi connectivity index (χ1n) is 4.93. The first-order chi connectivity index (χ1) is 7.42. The highest BCUT2D eigenvalue weighted by Crippen LogP contribution is 2.32. The van der Waals surface area contributed by atoms with E-state index in [1.54, 1.807) is 26.2 Å². The Morgan fingerprint density at radius 1 is 1.56 bits per heavy atom. The van der Waals surface area contributed by atoms with Crippen LogP contribution in [0.1, 0.15) is 18.1 Å². The summed E-state index contributed by atoms with van der Waals surface area (Å²) in [4.78, 5) is 0. The third-order valence-electron chi connectivity index (χ3n) is 2.53. The molecule has 0 bridgehead atoms. The predicted molar refractivity (Wildman–Crippen MR) is 64.5 cm³/mol. The Bertz CT molecular complexity index is 380. The van der Waals surface area contributed by atoms with Crippen LogP contribution in [0.25, 0.3) is 0 Å². The Labute approximate surface area is 100 Å². The monoisotopic (exact) mass is 244 g/mol. The van der Waals surface area contributed by atoms with Crippen LogP contribution in [0.2, 0.25) is 5.02 Å². The van der Waals surface area contributed by atoms with Crippen LogP contribution >= 0.6 is 11.6 Å². The van der Waals surface area contributed by atoms with Gasteiger partial charge in [-0.25, -0.2) is 0 Å². The lowest BCUT2D eigenvalue weighted by atomic mass is 9.92. The fourth-order valence-electron chi connectivity index (χ4n) is 1.69. The van der Waals surface area contributed by atoms with Gasteiger partial charge in [-0.3, -0.25) is 11.3 Å². The van der Waals surface area contributed by atoms with E-state index >= 15 is 0 Å². The van der Waals surface area contributed by atoms with E-state index in [1.807, 2.05) is 6.92 Å². The molecule has 0 saturated heterocycles. The van der Waals surface area contributed by atoms with Gasteiger partial charge in [0.1, 0.15) is 11.4 Å². The van der Waals surface area contributed by atoms with Gasteiger partial charge in [-0.2, -0.15) is 0 Å². The Morgan fingerprint density at radius 3 is 2.69 bits per heavy atom. The first kappa shape index (κ1) is 13.3. The molecule has 0 aromatic heterocycles. The second-order valence-corrected chi connectivity index (χ2v) is 4.36. The molecule has 0 heterocycles. The van der Waals surface area contributed by atoms with Crippen molar-refractivity contribution < 1.29 is 9.84 Å². The Morgan fingerprint density at radius 2 is 2.19 bits per heavy atom. The number of benzene rings is 1. The Hall–Kier alpha value is -0.810. The largest absolute Gasteiger partial charge is 0.495 e. The van der Waals surface area contributed by atoms with Gasteiger partial charge in [0.05, 0.1) is 12.1 Å². The molecule has 0 amide bonds. The van der Waals surface area contributed by atoms with Crippen molar-refractivity contribution in [2.75, 3.05) is 13.7 Å². The summed E-state index contributed by atoms with van der Waals surface area (Å²) in [7, 11) is 1.56. The molecule has 0 saturated carbocycles. The first-order valence-corrected chi connectivity index (χ1v) is 5.30. The highest BCUT2D eigenvalue weighted by Gasteiger charge is 2.25. The molecular formula is C11H17ClN2O2. The topological polar surface area (TPSA) is 67.5 Å². The van der Waals surface area contributed by atoms with Gasteiger partial charge in [0, 0.05) is 6.54 Å². The second kappa shape index (κ2) is 5.01. The van der Waals surface area contributed by atoms with Gasteiger partial charge in [0.2, 0.25) is 0 Å². The number of hydrogen-bond donors (Lipinski definition) is 3. The van der Waals surface area contributed by atoms with E-state index in [1.165, 1.54) is 0 Å². The molecule has 0 aliphatic carbocycles. The molecule has 1 rings (SSSR count). The zero-order valence-electron chi connectivity index (χ0n) is 9.67. The molecule has 90 valence electrons. The van der Waals surface area contributed by atoms with Crippen molar-refractivity contribution in [2.45, 2.75) is 19.4 Å². The van der Waals surface area contributed by atoms with Gasteiger partial charge >= 0.3 is 0 Å². The van der Waals surface area contributed by atoms with E-state index < -0.39 is 5.60 Å². The van der Waals surface area contributed by atoms with Crippen molar-refractivity contribution in [3.8, 4) is 5.75 Å². The standard InChI is InChI=1S/C11H17ClN2O2/c1-7-4-10(16-3)9(12)5-8(7)11(2,15)6-14-13/h4-5,14-15H,6,13H2,1-3H3. The van der Waals surface area contributed by atoms with Gasteiger partial charge in [0.25, 0.3) is 0 Å². The molecule has 0 fully saturated rings. The lowest BCUT2D eigenvalue weighted by Crippen LogP contribution is -2.39. The molecule has 1 aromatic rings. The van der Waals surface area contributed by atoms with E-state index in [2.05, 4.69) is 5.43 Å². The number of nitrogens with two attached hydrogens (primary N) is 1. The van der Waals surface area contributed by atoms with Gasteiger partial charge in [0.15, 0.2) is 0 Å². The van der Waals surface area contributed by atoms with Crippen LogP contribution in [0.3, 0.4) is 0 Å². The summed E-state index contributed by atoms with van der Waals surface area (Å²) in [5, 5.41) is 10.7. The smallest absolute Gasteiger partial charge is 0.137 e. The lowest BCUT2D eigenvalue weighted by molar-refractivity contribution is 0.0566. The van der Waals surface area contributed by atoms with Crippen molar-refractivity contribution in [3.63, 3.8) is 0 Å². The lowest BCUT2D eigenvalue weighted by Gasteiger charge is -2.25. The number of nitrogens with one attached hydrogen (secondary N) is 1. The maximum Gasteiger partial charge on any atom is 0.137 e. The van der Waals surface area contributed by atoms with Crippen LogP contribution in [-0.2, 0) is 5.60 Å². The average Bonchev–Trinajstić information content (AvgIpc) is 2.20. The van der Waals surface area contributed by atoms with Crippen LogP contribution in [0.5, 0.6) is 5.75 Å². The van der Waals surface area contributed by atoms with Crippen molar-refractivity contribution in [1.82, 2.24) is 5.43 Å². The van der Waals surface area contributed by atoms with Gasteiger partial charge in [-0.15, -0.1) is 0 Å². The van der Waals surface area contributed by atoms with Crippen LogP contribution in [0, 0.1) is 6.92 Å². The Kier molecular flexibility index (Phi) is 4.15. The number of rotatable bonds is 4. The van der Waals surface area contributed by atoms with E-state index in [4.69, 9.17) is 22.2 Å². The highest BCUT2D eigenvalue weighted by atomic mass is 35.5. The number of hydrogen-bond acceptors (Lipinski definition) is 4. The molecule has 0 spiro atoms. The van der Waals surface area contributed by atoms with Crippen LogP contribution in [0.15, 0.2) is 12.1 Å². The Balaban J connectivity index is 3.20. The summed E-state index contributed by atoms with van der Waals surface area (Å²) in [5.74, 6) is 5.83. The number of ether oxygens (including phenoxy) is 1. The van der Waals surface area contributed by atoms with Crippen LogP contribution in [0.4, 0.5) is 0 Å². The van der Waals surface area contributed by atoms with Crippen LogP contribution < -0.4 is 16.0 Å².